The molecule has 0 amide bonds. The van der Waals surface area contributed by atoms with E-state index < -0.39 is 0 Å². The zero-order valence-corrected chi connectivity index (χ0v) is 10.8. The van der Waals surface area contributed by atoms with Crippen LogP contribution in [0.2, 0.25) is 0 Å². The smallest absolute Gasteiger partial charge is 0.189 e. The highest BCUT2D eigenvalue weighted by atomic mass is 32.1. The van der Waals surface area contributed by atoms with Gasteiger partial charge in [-0.3, -0.25) is 5.10 Å². The Balaban J connectivity index is 1.93. The van der Waals surface area contributed by atoms with Gasteiger partial charge in [-0.25, -0.2) is 4.98 Å². The standard InChI is InChI=1S/C12H12N4OS/c1-7-5-11(16-15-7)14-12-13-9-6-8(17-2)3-4-10(9)18-12/h3-6H,1-2H3,(H2,13,14,15,16). The Hall–Kier alpha value is -2.08. The summed E-state index contributed by atoms with van der Waals surface area (Å²) < 4.78 is 6.30. The number of aromatic amines is 1. The average Bonchev–Trinajstić information content (AvgIpc) is 2.94. The molecule has 0 atom stereocenters. The monoisotopic (exact) mass is 260 g/mol. The van der Waals surface area contributed by atoms with E-state index in [4.69, 9.17) is 4.74 Å². The van der Waals surface area contributed by atoms with Crippen molar-refractivity contribution in [3.05, 3.63) is 30.0 Å². The van der Waals surface area contributed by atoms with Crippen LogP contribution >= 0.6 is 11.3 Å². The first-order chi connectivity index (χ1) is 8.74. The number of H-pyrrole nitrogens is 1. The molecule has 92 valence electrons. The number of anilines is 2. The van der Waals surface area contributed by atoms with Gasteiger partial charge in [0, 0.05) is 17.8 Å². The highest BCUT2D eigenvalue weighted by Gasteiger charge is 2.06. The highest BCUT2D eigenvalue weighted by molar-refractivity contribution is 7.22. The van der Waals surface area contributed by atoms with Crippen molar-refractivity contribution < 1.29 is 4.74 Å². The first kappa shape index (κ1) is 11.0. The van der Waals surface area contributed by atoms with Gasteiger partial charge in [0.15, 0.2) is 10.9 Å². The number of methoxy groups -OCH3 is 1. The van der Waals surface area contributed by atoms with Crippen molar-refractivity contribution in [3.63, 3.8) is 0 Å². The first-order valence-electron chi connectivity index (χ1n) is 5.48. The summed E-state index contributed by atoms with van der Waals surface area (Å²) in [6.07, 6.45) is 0. The molecule has 0 saturated heterocycles. The Labute approximate surface area is 108 Å². The van der Waals surface area contributed by atoms with Gasteiger partial charge in [0.25, 0.3) is 0 Å². The minimum Gasteiger partial charge on any atom is -0.497 e. The lowest BCUT2D eigenvalue weighted by Crippen LogP contribution is -1.88. The van der Waals surface area contributed by atoms with Crippen LogP contribution in [0.25, 0.3) is 10.2 Å². The maximum atomic E-state index is 5.18. The van der Waals surface area contributed by atoms with Crippen molar-refractivity contribution >= 4 is 32.5 Å². The molecule has 5 nitrogen and oxygen atoms in total. The molecule has 0 aliphatic carbocycles. The van der Waals surface area contributed by atoms with E-state index in [1.54, 1.807) is 18.4 Å². The lowest BCUT2D eigenvalue weighted by molar-refractivity contribution is 0.415. The highest BCUT2D eigenvalue weighted by Crippen LogP contribution is 2.30. The summed E-state index contributed by atoms with van der Waals surface area (Å²) in [6, 6.07) is 7.80. The predicted octanol–water partition coefficient (Wildman–Crippen LogP) is 3.08. The third kappa shape index (κ3) is 2.02. The third-order valence-corrected chi connectivity index (χ3v) is 3.49. The van der Waals surface area contributed by atoms with Crippen LogP contribution in [0.3, 0.4) is 0 Å². The van der Waals surface area contributed by atoms with Crippen molar-refractivity contribution in [3.8, 4) is 5.75 Å². The van der Waals surface area contributed by atoms with E-state index in [2.05, 4.69) is 20.5 Å². The number of hydrogen-bond acceptors (Lipinski definition) is 5. The Morgan fingerprint density at radius 1 is 1.33 bits per heavy atom. The minimum atomic E-state index is 0.776. The molecule has 0 bridgehead atoms. The Morgan fingerprint density at radius 2 is 2.22 bits per heavy atom. The zero-order chi connectivity index (χ0) is 12.5. The molecule has 2 aromatic heterocycles. The quantitative estimate of drug-likeness (QED) is 0.759. The van der Waals surface area contributed by atoms with Gasteiger partial charge < -0.3 is 10.1 Å². The second-order valence-electron chi connectivity index (χ2n) is 3.91. The largest absolute Gasteiger partial charge is 0.497 e. The molecule has 0 unspecified atom stereocenters. The van der Waals surface area contributed by atoms with E-state index in [1.807, 2.05) is 31.2 Å². The average molecular weight is 260 g/mol. The molecule has 2 heterocycles. The van der Waals surface area contributed by atoms with Crippen LogP contribution in [0.4, 0.5) is 10.9 Å². The fraction of sp³-hybridized carbons (Fsp3) is 0.167. The summed E-state index contributed by atoms with van der Waals surface area (Å²) in [7, 11) is 1.65. The van der Waals surface area contributed by atoms with Crippen molar-refractivity contribution in [2.24, 2.45) is 0 Å². The number of hydrogen-bond donors (Lipinski definition) is 2. The van der Waals surface area contributed by atoms with E-state index >= 15 is 0 Å². The van der Waals surface area contributed by atoms with Crippen LogP contribution in [-0.4, -0.2) is 22.3 Å². The molecule has 1 aromatic carbocycles. The molecule has 0 radical (unpaired) electrons. The summed E-state index contributed by atoms with van der Waals surface area (Å²) in [5.41, 5.74) is 1.94. The molecular formula is C12H12N4OS. The molecule has 0 aliphatic rings. The van der Waals surface area contributed by atoms with Crippen LogP contribution in [0.1, 0.15) is 5.69 Å². The van der Waals surface area contributed by atoms with Crippen LogP contribution < -0.4 is 10.1 Å². The molecule has 0 spiro atoms. The number of fused-ring (bicyclic) bond motifs is 1. The number of aryl methyl sites for hydroxylation is 1. The van der Waals surface area contributed by atoms with Gasteiger partial charge in [-0.1, -0.05) is 11.3 Å². The van der Waals surface area contributed by atoms with Crippen molar-refractivity contribution in [2.45, 2.75) is 6.92 Å². The van der Waals surface area contributed by atoms with Crippen LogP contribution in [0.5, 0.6) is 5.75 Å². The summed E-state index contributed by atoms with van der Waals surface area (Å²) in [5, 5.41) is 11.0. The van der Waals surface area contributed by atoms with Crippen LogP contribution in [0, 0.1) is 6.92 Å². The molecule has 3 aromatic rings. The van der Waals surface area contributed by atoms with Crippen molar-refractivity contribution in [1.82, 2.24) is 15.2 Å². The van der Waals surface area contributed by atoms with Gasteiger partial charge in [-0.2, -0.15) is 5.10 Å². The van der Waals surface area contributed by atoms with E-state index in [0.717, 1.165) is 32.6 Å². The molecule has 2 N–H and O–H groups in total. The van der Waals surface area contributed by atoms with E-state index in [9.17, 15) is 0 Å². The maximum Gasteiger partial charge on any atom is 0.189 e. The van der Waals surface area contributed by atoms with E-state index in [0.29, 0.717) is 0 Å². The van der Waals surface area contributed by atoms with Crippen LogP contribution in [0.15, 0.2) is 24.3 Å². The normalized spacial score (nSPS) is 10.8. The number of rotatable bonds is 3. The predicted molar refractivity (Wildman–Crippen MR) is 72.8 cm³/mol. The van der Waals surface area contributed by atoms with Gasteiger partial charge >= 0.3 is 0 Å². The lowest BCUT2D eigenvalue weighted by Gasteiger charge is -1.96. The molecule has 0 fully saturated rings. The first-order valence-corrected chi connectivity index (χ1v) is 6.30. The van der Waals surface area contributed by atoms with E-state index in [1.165, 1.54) is 0 Å². The summed E-state index contributed by atoms with van der Waals surface area (Å²) in [4.78, 5) is 4.50. The maximum absolute atomic E-state index is 5.18. The number of nitrogens with zero attached hydrogens (tertiary/aromatic N) is 2. The number of nitrogens with one attached hydrogen (secondary N) is 2. The fourth-order valence-corrected chi connectivity index (χ4v) is 2.53. The number of aromatic nitrogens is 3. The Bertz CT molecular complexity index is 688. The van der Waals surface area contributed by atoms with Gasteiger partial charge in [0.05, 0.1) is 17.3 Å². The summed E-state index contributed by atoms with van der Waals surface area (Å²) >= 11 is 1.59. The van der Waals surface area contributed by atoms with Crippen molar-refractivity contribution in [1.29, 1.82) is 0 Å². The molecule has 18 heavy (non-hydrogen) atoms. The van der Waals surface area contributed by atoms with Crippen molar-refractivity contribution in [2.75, 3.05) is 12.4 Å². The Kier molecular flexibility index (Phi) is 2.64. The summed E-state index contributed by atoms with van der Waals surface area (Å²) in [6.45, 7) is 1.96. The number of benzene rings is 1. The van der Waals surface area contributed by atoms with Gasteiger partial charge in [-0.05, 0) is 19.1 Å². The van der Waals surface area contributed by atoms with Gasteiger partial charge in [-0.15, -0.1) is 0 Å². The molecular weight excluding hydrogens is 248 g/mol. The minimum absolute atomic E-state index is 0.776. The third-order valence-electron chi connectivity index (χ3n) is 2.54. The number of thiazole rings is 1. The molecule has 0 aliphatic heterocycles. The Morgan fingerprint density at radius 3 is 2.94 bits per heavy atom. The second kappa shape index (κ2) is 4.30. The molecule has 0 saturated carbocycles. The molecule has 3 rings (SSSR count). The molecule has 6 heteroatoms. The summed E-state index contributed by atoms with van der Waals surface area (Å²) in [5.74, 6) is 1.59. The lowest BCUT2D eigenvalue weighted by atomic mass is 10.3. The van der Waals surface area contributed by atoms with E-state index in [-0.39, 0.29) is 0 Å². The fourth-order valence-electron chi connectivity index (χ4n) is 1.68. The van der Waals surface area contributed by atoms with Crippen LogP contribution in [-0.2, 0) is 0 Å². The topological polar surface area (TPSA) is 62.8 Å². The zero-order valence-electron chi connectivity index (χ0n) is 10.0. The SMILES string of the molecule is COc1ccc2sc(Nc3cc(C)[nH]n3)nc2c1. The second-order valence-corrected chi connectivity index (χ2v) is 4.94. The van der Waals surface area contributed by atoms with Gasteiger partial charge in [0.1, 0.15) is 5.75 Å². The number of ether oxygens (including phenoxy) is 1. The van der Waals surface area contributed by atoms with Gasteiger partial charge in [0.2, 0.25) is 0 Å².